The Balaban J connectivity index is 1.45. The molecule has 4 N–H and O–H groups in total. The predicted molar refractivity (Wildman–Crippen MR) is 116 cm³/mol. The number of benzene rings is 2. The number of aromatic nitrogens is 2. The maximum atomic E-state index is 10.8. The highest BCUT2D eigenvalue weighted by Gasteiger charge is 2.18. The number of hydrogen-bond acceptors (Lipinski definition) is 7. The van der Waals surface area contributed by atoms with Gasteiger partial charge in [-0.25, -0.2) is 4.57 Å². The molecule has 0 spiro atoms. The fourth-order valence-corrected chi connectivity index (χ4v) is 3.42. The van der Waals surface area contributed by atoms with Crippen molar-refractivity contribution in [3.05, 3.63) is 90.3 Å². The van der Waals surface area contributed by atoms with Crippen LogP contribution in [0.15, 0.2) is 83.5 Å². The molecule has 2 aromatic heterocycles. The van der Waals surface area contributed by atoms with Crippen LogP contribution in [0.4, 0.5) is 17.2 Å². The van der Waals surface area contributed by atoms with E-state index in [-0.39, 0.29) is 5.82 Å². The van der Waals surface area contributed by atoms with Gasteiger partial charge in [-0.2, -0.15) is 0 Å². The summed E-state index contributed by atoms with van der Waals surface area (Å²) in [6.07, 6.45) is 2.09. The number of nitrogens with two attached hydrogens (primary N) is 1. The maximum absolute atomic E-state index is 10.8. The zero-order valence-corrected chi connectivity index (χ0v) is 17.8. The van der Waals surface area contributed by atoms with Crippen LogP contribution in [0.3, 0.4) is 0 Å². The summed E-state index contributed by atoms with van der Waals surface area (Å²) in [4.78, 5) is 19.6. The van der Waals surface area contributed by atoms with Crippen molar-refractivity contribution in [3.8, 4) is 11.3 Å². The van der Waals surface area contributed by atoms with Crippen molar-refractivity contribution < 1.29 is 28.0 Å². The van der Waals surface area contributed by atoms with Crippen LogP contribution < -0.4 is 20.5 Å². The fraction of sp³-hybridized carbons (Fsp3) is 0.0909. The molecule has 32 heavy (non-hydrogen) atoms. The van der Waals surface area contributed by atoms with Crippen LogP contribution in [0.5, 0.6) is 0 Å². The summed E-state index contributed by atoms with van der Waals surface area (Å²) in [5.41, 5.74) is 10.4. The van der Waals surface area contributed by atoms with E-state index in [0.29, 0.717) is 23.4 Å². The molecule has 1 unspecified atom stereocenters. The summed E-state index contributed by atoms with van der Waals surface area (Å²) in [5, 5.41) is 7.45. The molecule has 4 rings (SSSR count). The highest BCUT2D eigenvalue weighted by molar-refractivity contribution is 7.44. The van der Waals surface area contributed by atoms with E-state index in [1.807, 2.05) is 54.6 Å². The van der Waals surface area contributed by atoms with E-state index >= 15 is 0 Å². The number of nitrogens with one attached hydrogen (secondary N) is 1. The summed E-state index contributed by atoms with van der Waals surface area (Å²) in [7, 11) is -4.86. The summed E-state index contributed by atoms with van der Waals surface area (Å²) >= 11 is 0. The van der Waals surface area contributed by atoms with Gasteiger partial charge in [0.25, 0.3) is 13.6 Å². The zero-order chi connectivity index (χ0) is 22.6. The molecule has 0 aliphatic rings. The second kappa shape index (κ2) is 9.33. The highest BCUT2D eigenvalue weighted by Crippen LogP contribution is 2.30. The van der Waals surface area contributed by atoms with E-state index in [0.717, 1.165) is 16.9 Å². The third kappa shape index (κ3) is 5.60. The van der Waals surface area contributed by atoms with Gasteiger partial charge in [-0.1, -0.05) is 35.5 Å². The first-order valence-electron chi connectivity index (χ1n) is 9.71. The second-order valence-corrected chi connectivity index (χ2v) is 8.25. The van der Waals surface area contributed by atoms with Gasteiger partial charge in [-0.15, -0.1) is 0 Å². The standard InChI is InChI=1S/C22H21N4O5P/c23-22-20(7-4-12-26(22)15-30-32(27,28)29)21-14-19(25-31-21)13-16-8-10-18(11-9-16)24-17-5-2-1-3-6-17/h1-12,14,23-24H,13,15H2,(H2,27,28,29). The highest BCUT2D eigenvalue weighted by atomic mass is 31.2. The number of hydrogen-bond donors (Lipinski definition) is 3. The Labute approximate surface area is 184 Å². The summed E-state index contributed by atoms with van der Waals surface area (Å²) < 4.78 is 22.0. The lowest BCUT2D eigenvalue weighted by Crippen LogP contribution is -2.38. The minimum Gasteiger partial charge on any atom is -0.756 e. The zero-order valence-electron chi connectivity index (χ0n) is 16.9. The van der Waals surface area contributed by atoms with Gasteiger partial charge in [0.15, 0.2) is 12.5 Å². The first-order chi connectivity index (χ1) is 15.4. The number of pyridine rings is 1. The van der Waals surface area contributed by atoms with Crippen LogP contribution in [0.2, 0.25) is 0 Å². The Morgan fingerprint density at radius 3 is 2.53 bits per heavy atom. The quantitative estimate of drug-likeness (QED) is 0.274. The molecule has 0 radical (unpaired) electrons. The van der Waals surface area contributed by atoms with Crippen LogP contribution in [0.25, 0.3) is 11.3 Å². The molecule has 10 heteroatoms. The topological polar surface area (TPSA) is 138 Å². The van der Waals surface area contributed by atoms with E-state index in [2.05, 4.69) is 15.0 Å². The number of nitrogen functional groups attached to an aromatic ring is 1. The van der Waals surface area contributed by atoms with E-state index in [1.54, 1.807) is 18.2 Å². The number of rotatable bonds is 8. The molecular weight excluding hydrogens is 431 g/mol. The number of phosphoric ester groups is 1. The van der Waals surface area contributed by atoms with Crippen molar-refractivity contribution >= 4 is 25.0 Å². The number of nitrogens with zero attached hydrogens (tertiary/aromatic N) is 2. The Hall–Kier alpha value is -3.49. The summed E-state index contributed by atoms with van der Waals surface area (Å²) in [6, 6.07) is 23.1. The molecule has 0 bridgehead atoms. The van der Waals surface area contributed by atoms with Crippen molar-refractivity contribution in [1.29, 1.82) is 0 Å². The first kappa shape index (κ1) is 21.7. The lowest BCUT2D eigenvalue weighted by molar-refractivity contribution is -0.712. The lowest BCUT2D eigenvalue weighted by atomic mass is 10.1. The third-order valence-corrected chi connectivity index (χ3v) is 5.14. The molecule has 0 saturated heterocycles. The van der Waals surface area contributed by atoms with Crippen LogP contribution in [0, 0.1) is 0 Å². The van der Waals surface area contributed by atoms with Gasteiger partial charge in [-0.05, 0) is 42.0 Å². The van der Waals surface area contributed by atoms with Gasteiger partial charge in [-0.3, -0.25) is 14.8 Å². The molecular formula is C22H21N4O5P. The molecule has 9 nitrogen and oxygen atoms in total. The Morgan fingerprint density at radius 1 is 1.09 bits per heavy atom. The Kier molecular flexibility index (Phi) is 6.34. The molecule has 4 aromatic rings. The fourth-order valence-electron chi connectivity index (χ4n) is 3.14. The first-order valence-corrected chi connectivity index (χ1v) is 11.2. The average Bonchev–Trinajstić information content (AvgIpc) is 3.23. The number of phosphoric acid groups is 1. The third-order valence-electron chi connectivity index (χ3n) is 4.70. The molecule has 2 aromatic carbocycles. The van der Waals surface area contributed by atoms with Crippen LogP contribution >= 0.6 is 7.82 Å². The monoisotopic (exact) mass is 452 g/mol. The minimum absolute atomic E-state index is 0.208. The smallest absolute Gasteiger partial charge is 0.285 e. The number of para-hydroxylation sites is 1. The molecule has 0 amide bonds. The van der Waals surface area contributed by atoms with E-state index in [4.69, 9.17) is 15.2 Å². The van der Waals surface area contributed by atoms with Gasteiger partial charge >= 0.3 is 0 Å². The molecule has 164 valence electrons. The van der Waals surface area contributed by atoms with Crippen LogP contribution in [-0.2, 0) is 22.2 Å². The van der Waals surface area contributed by atoms with Crippen molar-refractivity contribution in [2.75, 3.05) is 11.1 Å². The van der Waals surface area contributed by atoms with Gasteiger partial charge in [0.2, 0.25) is 0 Å². The van der Waals surface area contributed by atoms with Crippen molar-refractivity contribution in [3.63, 3.8) is 0 Å². The molecule has 0 aliphatic heterocycles. The van der Waals surface area contributed by atoms with Gasteiger partial charge in [0.1, 0.15) is 5.56 Å². The van der Waals surface area contributed by atoms with Gasteiger partial charge < -0.3 is 19.6 Å². The molecule has 1 atom stereocenters. The van der Waals surface area contributed by atoms with Crippen molar-refractivity contribution in [2.24, 2.45) is 0 Å². The van der Waals surface area contributed by atoms with Crippen molar-refractivity contribution in [1.82, 2.24) is 5.16 Å². The summed E-state index contributed by atoms with van der Waals surface area (Å²) in [6.45, 7) is -0.457. The maximum Gasteiger partial charge on any atom is 0.285 e. The lowest BCUT2D eigenvalue weighted by Gasteiger charge is -2.14. The SMILES string of the molecule is Nc1c(-c2cc(Cc3ccc(Nc4ccccc4)cc3)no2)ccc[n+]1COP(=O)([O-])O. The predicted octanol–water partition coefficient (Wildman–Crippen LogP) is 2.98. The second-order valence-electron chi connectivity index (χ2n) is 7.05. The van der Waals surface area contributed by atoms with E-state index in [1.165, 1.54) is 10.8 Å². The van der Waals surface area contributed by atoms with Gasteiger partial charge in [0, 0.05) is 23.9 Å². The Bertz CT molecular complexity index is 1240. The van der Waals surface area contributed by atoms with Gasteiger partial charge in [0.05, 0.1) is 11.9 Å². The molecule has 0 saturated carbocycles. The number of anilines is 3. The average molecular weight is 452 g/mol. The Morgan fingerprint density at radius 2 is 1.81 bits per heavy atom. The normalized spacial score (nSPS) is 12.9. The van der Waals surface area contributed by atoms with E-state index < -0.39 is 14.6 Å². The van der Waals surface area contributed by atoms with E-state index in [9.17, 15) is 9.46 Å². The minimum atomic E-state index is -4.86. The largest absolute Gasteiger partial charge is 0.756 e. The van der Waals surface area contributed by atoms with Crippen LogP contribution in [-0.4, -0.2) is 10.1 Å². The van der Waals surface area contributed by atoms with Crippen molar-refractivity contribution in [2.45, 2.75) is 13.2 Å². The molecule has 0 aliphatic carbocycles. The molecule has 0 fully saturated rings. The summed E-state index contributed by atoms with van der Waals surface area (Å²) in [5.74, 6) is 0.642. The van der Waals surface area contributed by atoms with Crippen LogP contribution in [0.1, 0.15) is 11.3 Å². The molecule has 2 heterocycles.